The molecule has 1 heterocycles. The van der Waals surface area contributed by atoms with Crippen molar-refractivity contribution in [2.24, 2.45) is 7.05 Å². The maximum atomic E-state index is 12.3. The first-order valence-electron chi connectivity index (χ1n) is 6.77. The van der Waals surface area contributed by atoms with Crippen LogP contribution in [0.1, 0.15) is 23.0 Å². The average molecular weight is 288 g/mol. The summed E-state index contributed by atoms with van der Waals surface area (Å²) >= 11 is 0. The SMILES string of the molecule is CCOc1ccc(CN(C)C(=O)c2nn(C)cc2N)cc1. The van der Waals surface area contributed by atoms with E-state index in [1.165, 1.54) is 4.68 Å². The maximum Gasteiger partial charge on any atom is 0.276 e. The molecule has 0 atom stereocenters. The molecule has 1 aromatic heterocycles. The normalized spacial score (nSPS) is 10.4. The van der Waals surface area contributed by atoms with E-state index in [-0.39, 0.29) is 11.6 Å². The summed E-state index contributed by atoms with van der Waals surface area (Å²) in [7, 11) is 3.46. The zero-order chi connectivity index (χ0) is 15.4. The minimum atomic E-state index is -0.193. The second-order valence-corrected chi connectivity index (χ2v) is 4.84. The highest BCUT2D eigenvalue weighted by Crippen LogP contribution is 2.15. The number of nitrogens with two attached hydrogens (primary N) is 1. The Morgan fingerprint density at radius 3 is 2.57 bits per heavy atom. The van der Waals surface area contributed by atoms with Gasteiger partial charge in [0.2, 0.25) is 0 Å². The fourth-order valence-corrected chi connectivity index (χ4v) is 2.06. The van der Waals surface area contributed by atoms with E-state index in [2.05, 4.69) is 5.10 Å². The third kappa shape index (κ3) is 3.53. The molecule has 1 amide bonds. The zero-order valence-electron chi connectivity index (χ0n) is 12.5. The second kappa shape index (κ2) is 6.30. The molecule has 6 heteroatoms. The summed E-state index contributed by atoms with van der Waals surface area (Å²) in [6.07, 6.45) is 1.62. The van der Waals surface area contributed by atoms with Gasteiger partial charge in [0.15, 0.2) is 5.69 Å². The first-order valence-corrected chi connectivity index (χ1v) is 6.77. The van der Waals surface area contributed by atoms with Gasteiger partial charge in [-0.05, 0) is 24.6 Å². The van der Waals surface area contributed by atoms with Crippen LogP contribution in [-0.4, -0.2) is 34.2 Å². The minimum Gasteiger partial charge on any atom is -0.494 e. The van der Waals surface area contributed by atoms with Crippen LogP contribution in [0.15, 0.2) is 30.5 Å². The summed E-state index contributed by atoms with van der Waals surface area (Å²) in [6, 6.07) is 7.67. The Labute approximate surface area is 124 Å². The lowest BCUT2D eigenvalue weighted by atomic mass is 10.2. The van der Waals surface area contributed by atoms with Gasteiger partial charge in [-0.3, -0.25) is 9.48 Å². The van der Waals surface area contributed by atoms with Crippen molar-refractivity contribution in [1.82, 2.24) is 14.7 Å². The van der Waals surface area contributed by atoms with Gasteiger partial charge in [0.1, 0.15) is 5.75 Å². The van der Waals surface area contributed by atoms with E-state index in [1.54, 1.807) is 25.2 Å². The maximum absolute atomic E-state index is 12.3. The highest BCUT2D eigenvalue weighted by molar-refractivity contribution is 5.96. The smallest absolute Gasteiger partial charge is 0.276 e. The molecule has 0 radical (unpaired) electrons. The Morgan fingerprint density at radius 1 is 1.38 bits per heavy atom. The number of amides is 1. The number of rotatable bonds is 5. The third-order valence-electron chi connectivity index (χ3n) is 3.06. The van der Waals surface area contributed by atoms with E-state index in [0.717, 1.165) is 11.3 Å². The number of aromatic nitrogens is 2. The largest absolute Gasteiger partial charge is 0.494 e. The van der Waals surface area contributed by atoms with Crippen LogP contribution < -0.4 is 10.5 Å². The Balaban J connectivity index is 2.05. The molecule has 0 aliphatic rings. The molecule has 112 valence electrons. The van der Waals surface area contributed by atoms with Crippen LogP contribution in [0.25, 0.3) is 0 Å². The van der Waals surface area contributed by atoms with Crippen molar-refractivity contribution in [3.05, 3.63) is 41.7 Å². The van der Waals surface area contributed by atoms with Gasteiger partial charge in [-0.1, -0.05) is 12.1 Å². The van der Waals surface area contributed by atoms with Gasteiger partial charge in [-0.2, -0.15) is 5.10 Å². The Kier molecular flexibility index (Phi) is 4.47. The second-order valence-electron chi connectivity index (χ2n) is 4.84. The highest BCUT2D eigenvalue weighted by atomic mass is 16.5. The van der Waals surface area contributed by atoms with Crippen LogP contribution in [0, 0.1) is 0 Å². The molecule has 0 aliphatic carbocycles. The van der Waals surface area contributed by atoms with Crippen molar-refractivity contribution in [2.45, 2.75) is 13.5 Å². The number of nitrogen functional groups attached to an aromatic ring is 1. The standard InChI is InChI=1S/C15H20N4O2/c1-4-21-12-7-5-11(6-8-12)9-18(2)15(20)14-13(16)10-19(3)17-14/h5-8,10H,4,9,16H2,1-3H3. The number of aryl methyl sites for hydroxylation is 1. The van der Waals surface area contributed by atoms with Crippen molar-refractivity contribution in [1.29, 1.82) is 0 Å². The Hall–Kier alpha value is -2.50. The van der Waals surface area contributed by atoms with Crippen LogP contribution >= 0.6 is 0 Å². The predicted octanol–water partition coefficient (Wildman–Crippen LogP) is 1.67. The molecule has 1 aromatic carbocycles. The molecule has 0 spiro atoms. The first-order chi connectivity index (χ1) is 10.0. The number of nitrogens with zero attached hydrogens (tertiary/aromatic N) is 3. The quantitative estimate of drug-likeness (QED) is 0.908. The molecule has 0 aliphatic heterocycles. The first kappa shape index (κ1) is 14.9. The van der Waals surface area contributed by atoms with Crippen LogP contribution in [-0.2, 0) is 13.6 Å². The monoisotopic (exact) mass is 288 g/mol. The summed E-state index contributed by atoms with van der Waals surface area (Å²) in [4.78, 5) is 13.9. The molecule has 2 aromatic rings. The summed E-state index contributed by atoms with van der Waals surface area (Å²) in [6.45, 7) is 3.07. The molecule has 21 heavy (non-hydrogen) atoms. The van der Waals surface area contributed by atoms with Gasteiger partial charge in [-0.25, -0.2) is 0 Å². The lowest BCUT2D eigenvalue weighted by molar-refractivity contribution is 0.0779. The van der Waals surface area contributed by atoms with Gasteiger partial charge >= 0.3 is 0 Å². The van der Waals surface area contributed by atoms with Crippen LogP contribution in [0.3, 0.4) is 0 Å². The van der Waals surface area contributed by atoms with Crippen molar-refractivity contribution in [3.8, 4) is 5.75 Å². The fourth-order valence-electron chi connectivity index (χ4n) is 2.06. The predicted molar refractivity (Wildman–Crippen MR) is 81.0 cm³/mol. The zero-order valence-corrected chi connectivity index (χ0v) is 12.5. The number of carbonyl (C=O) groups is 1. The van der Waals surface area contributed by atoms with E-state index < -0.39 is 0 Å². The lowest BCUT2D eigenvalue weighted by Crippen LogP contribution is -2.27. The van der Waals surface area contributed by atoms with Crippen molar-refractivity contribution in [2.75, 3.05) is 19.4 Å². The summed E-state index contributed by atoms with van der Waals surface area (Å²) in [5, 5.41) is 4.09. The molecule has 0 saturated carbocycles. The molecule has 6 nitrogen and oxygen atoms in total. The highest BCUT2D eigenvalue weighted by Gasteiger charge is 2.18. The fraction of sp³-hybridized carbons (Fsp3) is 0.333. The molecule has 0 bridgehead atoms. The van der Waals surface area contributed by atoms with Gasteiger partial charge in [-0.15, -0.1) is 0 Å². The van der Waals surface area contributed by atoms with Gasteiger partial charge in [0, 0.05) is 26.8 Å². The third-order valence-corrected chi connectivity index (χ3v) is 3.06. The lowest BCUT2D eigenvalue weighted by Gasteiger charge is -2.16. The topological polar surface area (TPSA) is 73.4 Å². The number of ether oxygens (including phenoxy) is 1. The number of carbonyl (C=O) groups excluding carboxylic acids is 1. The van der Waals surface area contributed by atoms with Gasteiger partial charge < -0.3 is 15.4 Å². The molecule has 2 rings (SSSR count). The number of hydrogen-bond donors (Lipinski definition) is 1. The molecule has 0 unspecified atom stereocenters. The van der Waals surface area contributed by atoms with Crippen LogP contribution in [0.2, 0.25) is 0 Å². The van der Waals surface area contributed by atoms with E-state index in [4.69, 9.17) is 10.5 Å². The van der Waals surface area contributed by atoms with Gasteiger partial charge in [0.25, 0.3) is 5.91 Å². The van der Waals surface area contributed by atoms with E-state index in [1.807, 2.05) is 31.2 Å². The van der Waals surface area contributed by atoms with E-state index >= 15 is 0 Å². The molecular formula is C15H20N4O2. The van der Waals surface area contributed by atoms with Crippen molar-refractivity contribution in [3.63, 3.8) is 0 Å². The summed E-state index contributed by atoms with van der Waals surface area (Å²) in [5.74, 6) is 0.631. The molecular weight excluding hydrogens is 268 g/mol. The minimum absolute atomic E-state index is 0.193. The number of benzene rings is 1. The Morgan fingerprint density at radius 2 is 2.05 bits per heavy atom. The van der Waals surface area contributed by atoms with Crippen LogP contribution in [0.5, 0.6) is 5.75 Å². The molecule has 0 fully saturated rings. The van der Waals surface area contributed by atoms with Crippen molar-refractivity contribution >= 4 is 11.6 Å². The Bertz CT molecular complexity index is 619. The van der Waals surface area contributed by atoms with Crippen LogP contribution in [0.4, 0.5) is 5.69 Å². The van der Waals surface area contributed by atoms with E-state index in [9.17, 15) is 4.79 Å². The number of anilines is 1. The van der Waals surface area contributed by atoms with Gasteiger partial charge in [0.05, 0.1) is 12.3 Å². The summed E-state index contributed by atoms with van der Waals surface area (Å²) in [5.41, 5.74) is 7.47. The summed E-state index contributed by atoms with van der Waals surface area (Å²) < 4.78 is 6.93. The average Bonchev–Trinajstić information content (AvgIpc) is 2.79. The number of hydrogen-bond acceptors (Lipinski definition) is 4. The van der Waals surface area contributed by atoms with E-state index in [0.29, 0.717) is 18.8 Å². The van der Waals surface area contributed by atoms with Crippen molar-refractivity contribution < 1.29 is 9.53 Å². The molecule has 0 saturated heterocycles. The molecule has 2 N–H and O–H groups in total.